The predicted octanol–water partition coefficient (Wildman–Crippen LogP) is 2.85. The summed E-state index contributed by atoms with van der Waals surface area (Å²) in [5.74, 6) is 1.66. The van der Waals surface area contributed by atoms with Gasteiger partial charge in [-0.15, -0.1) is 0 Å². The van der Waals surface area contributed by atoms with E-state index in [1.165, 1.54) is 12.8 Å². The Balaban J connectivity index is 2.25. The van der Waals surface area contributed by atoms with Crippen LogP contribution in [0.15, 0.2) is 0 Å². The molecule has 1 aliphatic rings. The standard InChI is InChI=1S/C10H20O/c1-5-8(2)9(3)6-10(4)7-11-10/h8-9H,5-7H2,1-4H3. The molecule has 11 heavy (non-hydrogen) atoms. The molecule has 1 heteroatoms. The van der Waals surface area contributed by atoms with Crippen LogP contribution in [0.25, 0.3) is 0 Å². The molecule has 0 radical (unpaired) electrons. The van der Waals surface area contributed by atoms with Gasteiger partial charge in [0.1, 0.15) is 0 Å². The lowest BCUT2D eigenvalue weighted by atomic mass is 9.86. The van der Waals surface area contributed by atoms with E-state index >= 15 is 0 Å². The fourth-order valence-electron chi connectivity index (χ4n) is 1.53. The maximum absolute atomic E-state index is 5.36. The van der Waals surface area contributed by atoms with Crippen molar-refractivity contribution in [2.24, 2.45) is 11.8 Å². The zero-order chi connectivity index (χ0) is 8.48. The first-order valence-electron chi connectivity index (χ1n) is 4.71. The monoisotopic (exact) mass is 156 g/mol. The van der Waals surface area contributed by atoms with Crippen LogP contribution in [0.1, 0.15) is 40.5 Å². The molecule has 1 nitrogen and oxygen atoms in total. The molecule has 1 rings (SSSR count). The molecule has 0 aromatic heterocycles. The molecular formula is C10H20O. The number of ether oxygens (including phenoxy) is 1. The molecule has 1 aliphatic heterocycles. The minimum atomic E-state index is 0.253. The minimum absolute atomic E-state index is 0.253. The van der Waals surface area contributed by atoms with Gasteiger partial charge >= 0.3 is 0 Å². The molecule has 1 saturated heterocycles. The van der Waals surface area contributed by atoms with Crippen LogP contribution in [-0.4, -0.2) is 12.2 Å². The third-order valence-corrected chi connectivity index (χ3v) is 3.01. The van der Waals surface area contributed by atoms with E-state index in [9.17, 15) is 0 Å². The van der Waals surface area contributed by atoms with Gasteiger partial charge in [-0.25, -0.2) is 0 Å². The lowest BCUT2D eigenvalue weighted by Gasteiger charge is -2.19. The van der Waals surface area contributed by atoms with Crippen molar-refractivity contribution in [2.45, 2.75) is 46.1 Å². The second-order valence-corrected chi connectivity index (χ2v) is 4.31. The van der Waals surface area contributed by atoms with Crippen molar-refractivity contribution >= 4 is 0 Å². The Morgan fingerprint density at radius 3 is 2.27 bits per heavy atom. The van der Waals surface area contributed by atoms with Gasteiger partial charge in [0.15, 0.2) is 0 Å². The van der Waals surface area contributed by atoms with E-state index in [4.69, 9.17) is 4.74 Å². The van der Waals surface area contributed by atoms with Crippen LogP contribution >= 0.6 is 0 Å². The van der Waals surface area contributed by atoms with Gasteiger partial charge in [-0.1, -0.05) is 27.2 Å². The van der Waals surface area contributed by atoms with Gasteiger partial charge in [0.25, 0.3) is 0 Å². The topological polar surface area (TPSA) is 12.5 Å². The van der Waals surface area contributed by atoms with Crippen molar-refractivity contribution in [1.82, 2.24) is 0 Å². The summed E-state index contributed by atoms with van der Waals surface area (Å²) in [5, 5.41) is 0. The van der Waals surface area contributed by atoms with Crippen LogP contribution in [0, 0.1) is 11.8 Å². The highest BCUT2D eigenvalue weighted by atomic mass is 16.6. The van der Waals surface area contributed by atoms with E-state index in [2.05, 4.69) is 27.7 Å². The van der Waals surface area contributed by atoms with E-state index in [0.717, 1.165) is 18.4 Å². The highest BCUT2D eigenvalue weighted by molar-refractivity contribution is 4.88. The van der Waals surface area contributed by atoms with Crippen LogP contribution in [0.5, 0.6) is 0 Å². The molecule has 3 unspecified atom stereocenters. The molecule has 0 saturated carbocycles. The molecule has 1 heterocycles. The first-order chi connectivity index (χ1) is 5.07. The molecule has 0 aliphatic carbocycles. The van der Waals surface area contributed by atoms with Gasteiger partial charge in [0.2, 0.25) is 0 Å². The van der Waals surface area contributed by atoms with Crippen molar-refractivity contribution in [3.05, 3.63) is 0 Å². The average molecular weight is 156 g/mol. The molecule has 0 bridgehead atoms. The minimum Gasteiger partial charge on any atom is -0.370 e. The van der Waals surface area contributed by atoms with Crippen LogP contribution in [0.3, 0.4) is 0 Å². The van der Waals surface area contributed by atoms with E-state index in [-0.39, 0.29) is 5.60 Å². The SMILES string of the molecule is CCC(C)C(C)CC1(C)CO1. The Hall–Kier alpha value is -0.0400. The summed E-state index contributed by atoms with van der Waals surface area (Å²) in [7, 11) is 0. The largest absolute Gasteiger partial charge is 0.370 e. The molecule has 0 N–H and O–H groups in total. The zero-order valence-electron chi connectivity index (χ0n) is 8.18. The molecule has 3 atom stereocenters. The van der Waals surface area contributed by atoms with Crippen molar-refractivity contribution in [3.63, 3.8) is 0 Å². The average Bonchev–Trinajstić information content (AvgIpc) is 2.66. The van der Waals surface area contributed by atoms with Crippen LogP contribution in [-0.2, 0) is 4.74 Å². The number of rotatable bonds is 4. The summed E-state index contributed by atoms with van der Waals surface area (Å²) in [6.07, 6.45) is 2.53. The Morgan fingerprint density at radius 2 is 1.91 bits per heavy atom. The van der Waals surface area contributed by atoms with Gasteiger partial charge in [-0.2, -0.15) is 0 Å². The molecule has 0 aromatic carbocycles. The summed E-state index contributed by atoms with van der Waals surface area (Å²) < 4.78 is 5.36. The van der Waals surface area contributed by atoms with Crippen molar-refractivity contribution in [3.8, 4) is 0 Å². The second-order valence-electron chi connectivity index (χ2n) is 4.31. The quantitative estimate of drug-likeness (QED) is 0.570. The summed E-state index contributed by atoms with van der Waals surface area (Å²) in [5.41, 5.74) is 0.253. The third kappa shape index (κ3) is 2.48. The maximum Gasteiger partial charge on any atom is 0.0891 e. The molecule has 0 amide bonds. The molecule has 0 aromatic rings. The zero-order valence-corrected chi connectivity index (χ0v) is 8.18. The second kappa shape index (κ2) is 3.14. The van der Waals surface area contributed by atoms with Crippen molar-refractivity contribution < 1.29 is 4.74 Å². The summed E-state index contributed by atoms with van der Waals surface area (Å²) in [6, 6.07) is 0. The molecule has 1 fully saturated rings. The van der Waals surface area contributed by atoms with Crippen molar-refractivity contribution in [1.29, 1.82) is 0 Å². The van der Waals surface area contributed by atoms with Crippen LogP contribution < -0.4 is 0 Å². The Bertz CT molecular complexity index is 127. The third-order valence-electron chi connectivity index (χ3n) is 3.01. The Kier molecular flexibility index (Phi) is 2.58. The normalized spacial score (nSPS) is 34.9. The summed E-state index contributed by atoms with van der Waals surface area (Å²) in [6.45, 7) is 10.1. The summed E-state index contributed by atoms with van der Waals surface area (Å²) in [4.78, 5) is 0. The lowest BCUT2D eigenvalue weighted by molar-refractivity contribution is 0.239. The van der Waals surface area contributed by atoms with Gasteiger partial charge in [0, 0.05) is 0 Å². The molecule has 0 spiro atoms. The Labute approximate surface area is 70.1 Å². The van der Waals surface area contributed by atoms with Crippen LogP contribution in [0.4, 0.5) is 0 Å². The van der Waals surface area contributed by atoms with E-state index in [1.54, 1.807) is 0 Å². The first-order valence-corrected chi connectivity index (χ1v) is 4.71. The maximum atomic E-state index is 5.36. The Morgan fingerprint density at radius 1 is 1.36 bits per heavy atom. The van der Waals surface area contributed by atoms with Gasteiger partial charge in [-0.05, 0) is 25.2 Å². The van der Waals surface area contributed by atoms with Gasteiger partial charge in [-0.3, -0.25) is 0 Å². The van der Waals surface area contributed by atoms with E-state index in [0.29, 0.717) is 0 Å². The predicted molar refractivity (Wildman–Crippen MR) is 47.6 cm³/mol. The van der Waals surface area contributed by atoms with Crippen molar-refractivity contribution in [2.75, 3.05) is 6.61 Å². The number of hydrogen-bond acceptors (Lipinski definition) is 1. The number of epoxide rings is 1. The first kappa shape index (κ1) is 9.05. The molecular weight excluding hydrogens is 136 g/mol. The van der Waals surface area contributed by atoms with Crippen LogP contribution in [0.2, 0.25) is 0 Å². The van der Waals surface area contributed by atoms with Gasteiger partial charge < -0.3 is 4.74 Å². The highest BCUT2D eigenvalue weighted by Crippen LogP contribution is 2.35. The highest BCUT2D eigenvalue weighted by Gasteiger charge is 2.40. The molecule has 66 valence electrons. The van der Waals surface area contributed by atoms with E-state index < -0.39 is 0 Å². The van der Waals surface area contributed by atoms with Gasteiger partial charge in [0.05, 0.1) is 12.2 Å². The fraction of sp³-hybridized carbons (Fsp3) is 1.00. The number of hydrogen-bond donors (Lipinski definition) is 0. The summed E-state index contributed by atoms with van der Waals surface area (Å²) >= 11 is 0. The smallest absolute Gasteiger partial charge is 0.0891 e. The fourth-order valence-corrected chi connectivity index (χ4v) is 1.53. The lowest BCUT2D eigenvalue weighted by Crippen LogP contribution is -2.16. The van der Waals surface area contributed by atoms with E-state index in [1.807, 2.05) is 0 Å².